The van der Waals surface area contributed by atoms with Gasteiger partial charge in [-0.25, -0.2) is 0 Å². The number of carbonyl (C=O) groups excluding carboxylic acids is 3. The SMILES string of the molecule is COC(=O)C(C)Sc1ccccc1C(=O)NC1CCCCNC1=O. The fourth-order valence-electron chi connectivity index (χ4n) is 2.47. The lowest BCUT2D eigenvalue weighted by molar-refractivity contribution is -0.139. The maximum atomic E-state index is 12.6. The van der Waals surface area contributed by atoms with Crippen LogP contribution >= 0.6 is 11.8 Å². The summed E-state index contributed by atoms with van der Waals surface area (Å²) >= 11 is 1.26. The van der Waals surface area contributed by atoms with Gasteiger partial charge in [0.05, 0.1) is 12.7 Å². The minimum absolute atomic E-state index is 0.145. The number of ether oxygens (including phenoxy) is 1. The summed E-state index contributed by atoms with van der Waals surface area (Å²) in [6, 6.07) is 6.52. The van der Waals surface area contributed by atoms with Crippen molar-refractivity contribution in [2.75, 3.05) is 13.7 Å². The van der Waals surface area contributed by atoms with Crippen LogP contribution in [0, 0.1) is 0 Å². The number of carbonyl (C=O) groups is 3. The van der Waals surface area contributed by atoms with E-state index in [1.54, 1.807) is 25.1 Å². The molecule has 0 bridgehead atoms. The summed E-state index contributed by atoms with van der Waals surface area (Å²) in [5.74, 6) is -0.801. The summed E-state index contributed by atoms with van der Waals surface area (Å²) in [4.78, 5) is 36.9. The molecule has 2 atom stereocenters. The second-order valence-electron chi connectivity index (χ2n) is 5.59. The van der Waals surface area contributed by atoms with E-state index >= 15 is 0 Å². The Bertz CT molecular complexity index is 620. The van der Waals surface area contributed by atoms with Gasteiger partial charge in [-0.2, -0.15) is 0 Å². The molecule has 0 aromatic heterocycles. The van der Waals surface area contributed by atoms with Crippen LogP contribution in [0.1, 0.15) is 36.5 Å². The molecule has 7 heteroatoms. The van der Waals surface area contributed by atoms with E-state index in [0.717, 1.165) is 12.8 Å². The van der Waals surface area contributed by atoms with Crippen molar-refractivity contribution >= 4 is 29.5 Å². The monoisotopic (exact) mass is 350 g/mol. The van der Waals surface area contributed by atoms with Gasteiger partial charge < -0.3 is 15.4 Å². The van der Waals surface area contributed by atoms with Crippen molar-refractivity contribution in [3.8, 4) is 0 Å². The minimum Gasteiger partial charge on any atom is -0.468 e. The van der Waals surface area contributed by atoms with Gasteiger partial charge in [0.15, 0.2) is 0 Å². The van der Waals surface area contributed by atoms with Crippen LogP contribution in [0.15, 0.2) is 29.2 Å². The van der Waals surface area contributed by atoms with Gasteiger partial charge >= 0.3 is 5.97 Å². The molecule has 1 aliphatic rings. The number of nitrogens with one attached hydrogen (secondary N) is 2. The highest BCUT2D eigenvalue weighted by Crippen LogP contribution is 2.27. The summed E-state index contributed by atoms with van der Waals surface area (Å²) in [5.41, 5.74) is 0.454. The summed E-state index contributed by atoms with van der Waals surface area (Å²) < 4.78 is 4.72. The van der Waals surface area contributed by atoms with Gasteiger partial charge in [-0.05, 0) is 38.3 Å². The van der Waals surface area contributed by atoms with Gasteiger partial charge in [0.1, 0.15) is 11.3 Å². The van der Waals surface area contributed by atoms with E-state index in [-0.39, 0.29) is 17.8 Å². The lowest BCUT2D eigenvalue weighted by Crippen LogP contribution is -2.45. The molecule has 0 spiro atoms. The van der Waals surface area contributed by atoms with Gasteiger partial charge in [0.25, 0.3) is 5.91 Å². The van der Waals surface area contributed by atoms with Crippen molar-refractivity contribution in [1.82, 2.24) is 10.6 Å². The Morgan fingerprint density at radius 1 is 1.33 bits per heavy atom. The van der Waals surface area contributed by atoms with E-state index < -0.39 is 11.3 Å². The molecule has 1 aromatic rings. The van der Waals surface area contributed by atoms with Crippen LogP contribution in [0.4, 0.5) is 0 Å². The second kappa shape index (κ2) is 8.73. The Kier molecular flexibility index (Phi) is 6.66. The largest absolute Gasteiger partial charge is 0.468 e. The Morgan fingerprint density at radius 3 is 2.83 bits per heavy atom. The zero-order valence-corrected chi connectivity index (χ0v) is 14.7. The predicted octanol–water partition coefficient (Wildman–Crippen LogP) is 1.74. The summed E-state index contributed by atoms with van der Waals surface area (Å²) in [7, 11) is 1.34. The standard InChI is InChI=1S/C17H22N2O4S/c1-11(17(22)23-2)24-14-9-4-3-7-12(14)15(20)19-13-8-5-6-10-18-16(13)21/h3-4,7,9,11,13H,5-6,8,10H2,1-2H3,(H,18,21)(H,19,20). The number of methoxy groups -OCH3 is 1. The summed E-state index contributed by atoms with van der Waals surface area (Å²) in [6.07, 6.45) is 2.44. The number of hydrogen-bond acceptors (Lipinski definition) is 5. The maximum absolute atomic E-state index is 12.6. The molecule has 0 radical (unpaired) electrons. The molecule has 1 heterocycles. The third kappa shape index (κ3) is 4.74. The van der Waals surface area contributed by atoms with Crippen molar-refractivity contribution in [1.29, 1.82) is 0 Å². The van der Waals surface area contributed by atoms with E-state index in [1.807, 2.05) is 6.07 Å². The molecule has 0 aliphatic carbocycles. The summed E-state index contributed by atoms with van der Waals surface area (Å²) in [6.45, 7) is 2.37. The fourth-order valence-corrected chi connectivity index (χ4v) is 3.49. The van der Waals surface area contributed by atoms with Gasteiger partial charge in [0.2, 0.25) is 5.91 Å². The molecular weight excluding hydrogens is 328 g/mol. The molecule has 2 rings (SSSR count). The number of benzene rings is 1. The van der Waals surface area contributed by atoms with Crippen LogP contribution in [0.2, 0.25) is 0 Å². The first-order valence-corrected chi connectivity index (χ1v) is 8.83. The number of amides is 2. The molecule has 130 valence electrons. The first-order chi connectivity index (χ1) is 11.5. The predicted molar refractivity (Wildman–Crippen MR) is 91.9 cm³/mol. The molecule has 2 N–H and O–H groups in total. The van der Waals surface area contributed by atoms with Crippen LogP contribution in [0.3, 0.4) is 0 Å². The minimum atomic E-state index is -0.518. The molecule has 1 aromatic carbocycles. The van der Waals surface area contributed by atoms with Gasteiger partial charge in [-0.15, -0.1) is 11.8 Å². The summed E-state index contributed by atoms with van der Waals surface area (Å²) in [5, 5.41) is 5.18. The lowest BCUT2D eigenvalue weighted by atomic mass is 10.1. The van der Waals surface area contributed by atoms with Gasteiger partial charge in [-0.1, -0.05) is 12.1 Å². The van der Waals surface area contributed by atoms with E-state index in [0.29, 0.717) is 23.4 Å². The molecule has 0 saturated carbocycles. The van der Waals surface area contributed by atoms with Crippen LogP contribution in [-0.4, -0.2) is 42.7 Å². The molecule has 24 heavy (non-hydrogen) atoms. The highest BCUT2D eigenvalue weighted by atomic mass is 32.2. The molecule has 6 nitrogen and oxygen atoms in total. The topological polar surface area (TPSA) is 84.5 Å². The van der Waals surface area contributed by atoms with Gasteiger partial charge in [0, 0.05) is 11.4 Å². The van der Waals surface area contributed by atoms with E-state index in [9.17, 15) is 14.4 Å². The van der Waals surface area contributed by atoms with Crippen molar-refractivity contribution in [2.24, 2.45) is 0 Å². The molecule has 1 fully saturated rings. The number of hydrogen-bond donors (Lipinski definition) is 2. The lowest BCUT2D eigenvalue weighted by Gasteiger charge is -2.17. The van der Waals surface area contributed by atoms with Gasteiger partial charge in [-0.3, -0.25) is 14.4 Å². The van der Waals surface area contributed by atoms with Crippen LogP contribution in [-0.2, 0) is 14.3 Å². The molecule has 1 aliphatic heterocycles. The van der Waals surface area contributed by atoms with Crippen molar-refractivity contribution in [3.05, 3.63) is 29.8 Å². The average molecular weight is 350 g/mol. The van der Waals surface area contributed by atoms with Crippen LogP contribution in [0.5, 0.6) is 0 Å². The highest BCUT2D eigenvalue weighted by Gasteiger charge is 2.25. The zero-order valence-electron chi connectivity index (χ0n) is 13.8. The number of esters is 1. The van der Waals surface area contributed by atoms with Crippen molar-refractivity contribution < 1.29 is 19.1 Å². The van der Waals surface area contributed by atoms with Crippen LogP contribution < -0.4 is 10.6 Å². The average Bonchev–Trinajstić information content (AvgIpc) is 2.79. The normalized spacial score (nSPS) is 18.9. The van der Waals surface area contributed by atoms with E-state index in [1.165, 1.54) is 18.9 Å². The van der Waals surface area contributed by atoms with Crippen LogP contribution in [0.25, 0.3) is 0 Å². The molecule has 1 saturated heterocycles. The Balaban J connectivity index is 2.11. The first-order valence-electron chi connectivity index (χ1n) is 7.95. The number of thioether (sulfide) groups is 1. The van der Waals surface area contributed by atoms with Crippen molar-refractivity contribution in [3.63, 3.8) is 0 Å². The fraction of sp³-hybridized carbons (Fsp3) is 0.471. The molecule has 2 unspecified atom stereocenters. The molecular formula is C17H22N2O4S. The molecule has 2 amide bonds. The Labute approximate surface area is 145 Å². The zero-order chi connectivity index (χ0) is 17.5. The smallest absolute Gasteiger partial charge is 0.318 e. The highest BCUT2D eigenvalue weighted by molar-refractivity contribution is 8.00. The van der Waals surface area contributed by atoms with Crippen molar-refractivity contribution in [2.45, 2.75) is 42.4 Å². The first kappa shape index (κ1) is 18.3. The number of rotatable bonds is 5. The Morgan fingerprint density at radius 2 is 2.08 bits per heavy atom. The quantitative estimate of drug-likeness (QED) is 0.624. The third-order valence-corrected chi connectivity index (χ3v) is 4.97. The second-order valence-corrected chi connectivity index (χ2v) is 6.97. The third-order valence-electron chi connectivity index (χ3n) is 3.81. The van der Waals surface area contributed by atoms with E-state index in [2.05, 4.69) is 10.6 Å². The Hall–Kier alpha value is -2.02. The maximum Gasteiger partial charge on any atom is 0.318 e. The van der Waals surface area contributed by atoms with E-state index in [4.69, 9.17) is 4.74 Å².